The number of hydrogen-bond donors (Lipinski definition) is 2. The van der Waals surface area contributed by atoms with Crippen molar-refractivity contribution >= 4 is 17.6 Å². The van der Waals surface area contributed by atoms with Crippen LogP contribution >= 0.6 is 11.6 Å². The van der Waals surface area contributed by atoms with Crippen molar-refractivity contribution in [3.63, 3.8) is 0 Å². The van der Waals surface area contributed by atoms with Crippen molar-refractivity contribution in [3.05, 3.63) is 34.1 Å². The molecule has 1 atom stereocenters. The zero-order valence-electron chi connectivity index (χ0n) is 7.42. The van der Waals surface area contributed by atoms with Gasteiger partial charge in [0.25, 0.3) is 0 Å². The lowest BCUT2D eigenvalue weighted by Crippen LogP contribution is -2.23. The van der Waals surface area contributed by atoms with Crippen molar-refractivity contribution < 1.29 is 14.3 Å². The largest absolute Gasteiger partial charge is 0.480 e. The summed E-state index contributed by atoms with van der Waals surface area (Å²) in [7, 11) is 0. The third-order valence-electron chi connectivity index (χ3n) is 1.97. The lowest BCUT2D eigenvalue weighted by atomic mass is 10.0. The Hall–Kier alpha value is -1.13. The van der Waals surface area contributed by atoms with Gasteiger partial charge in [-0.1, -0.05) is 11.6 Å². The quantitative estimate of drug-likeness (QED) is 0.795. The van der Waals surface area contributed by atoms with E-state index in [0.717, 1.165) is 6.07 Å². The molecule has 0 aliphatic rings. The summed E-state index contributed by atoms with van der Waals surface area (Å²) < 4.78 is 13.2. The molecule has 0 bridgehead atoms. The SMILES string of the molecule is Cc1c(Cl)ccc(F)c1C(N)C(=O)O. The van der Waals surface area contributed by atoms with E-state index >= 15 is 0 Å². The molecule has 0 saturated heterocycles. The average molecular weight is 218 g/mol. The molecule has 0 amide bonds. The molecular formula is C9H9ClFNO2. The second-order valence-corrected chi connectivity index (χ2v) is 3.29. The molecule has 1 aromatic rings. The van der Waals surface area contributed by atoms with E-state index in [2.05, 4.69) is 0 Å². The van der Waals surface area contributed by atoms with Crippen molar-refractivity contribution in [2.24, 2.45) is 5.73 Å². The Bertz CT molecular complexity index is 381. The predicted octanol–water partition coefficient (Wildman–Crippen LogP) is 1.87. The van der Waals surface area contributed by atoms with Crippen LogP contribution in [0.1, 0.15) is 17.2 Å². The van der Waals surface area contributed by atoms with Crippen molar-refractivity contribution in [2.45, 2.75) is 13.0 Å². The van der Waals surface area contributed by atoms with Crippen LogP contribution in [0.4, 0.5) is 4.39 Å². The molecule has 1 rings (SSSR count). The molecule has 14 heavy (non-hydrogen) atoms. The highest BCUT2D eigenvalue weighted by Gasteiger charge is 2.21. The number of carboxylic acid groups (broad SMARTS) is 1. The Morgan fingerprint density at radius 1 is 1.64 bits per heavy atom. The van der Waals surface area contributed by atoms with Crippen molar-refractivity contribution in [1.82, 2.24) is 0 Å². The van der Waals surface area contributed by atoms with Crippen LogP contribution in [0.25, 0.3) is 0 Å². The normalized spacial score (nSPS) is 12.6. The Balaban J connectivity index is 3.32. The summed E-state index contributed by atoms with van der Waals surface area (Å²) in [6.07, 6.45) is 0. The third kappa shape index (κ3) is 1.86. The Labute approximate surface area is 85.3 Å². The van der Waals surface area contributed by atoms with E-state index in [1.54, 1.807) is 0 Å². The molecule has 0 aromatic heterocycles. The van der Waals surface area contributed by atoms with Crippen molar-refractivity contribution in [1.29, 1.82) is 0 Å². The van der Waals surface area contributed by atoms with Gasteiger partial charge in [0.15, 0.2) is 0 Å². The standard InChI is InChI=1S/C9H9ClFNO2/c1-4-5(10)2-3-6(11)7(4)8(12)9(13)14/h2-3,8H,12H2,1H3,(H,13,14). The molecule has 3 N–H and O–H groups in total. The van der Waals surface area contributed by atoms with Crippen LogP contribution in [0.2, 0.25) is 5.02 Å². The minimum atomic E-state index is -1.38. The molecule has 3 nitrogen and oxygen atoms in total. The van der Waals surface area contributed by atoms with E-state index in [9.17, 15) is 9.18 Å². The summed E-state index contributed by atoms with van der Waals surface area (Å²) in [5.41, 5.74) is 5.61. The first-order valence-electron chi connectivity index (χ1n) is 3.88. The monoisotopic (exact) mass is 217 g/mol. The second-order valence-electron chi connectivity index (χ2n) is 2.88. The average Bonchev–Trinajstić information content (AvgIpc) is 2.12. The maximum absolute atomic E-state index is 13.2. The first kappa shape index (κ1) is 10.9. The van der Waals surface area contributed by atoms with Gasteiger partial charge < -0.3 is 10.8 Å². The zero-order valence-corrected chi connectivity index (χ0v) is 8.18. The van der Waals surface area contributed by atoms with Gasteiger partial charge in [-0.2, -0.15) is 0 Å². The van der Waals surface area contributed by atoms with Crippen LogP contribution in [0.15, 0.2) is 12.1 Å². The Morgan fingerprint density at radius 2 is 2.21 bits per heavy atom. The maximum Gasteiger partial charge on any atom is 0.325 e. The Morgan fingerprint density at radius 3 is 2.71 bits per heavy atom. The van der Waals surface area contributed by atoms with Crippen LogP contribution in [0.3, 0.4) is 0 Å². The van der Waals surface area contributed by atoms with Gasteiger partial charge >= 0.3 is 5.97 Å². The number of rotatable bonds is 2. The van der Waals surface area contributed by atoms with Gasteiger partial charge in [-0.25, -0.2) is 4.39 Å². The summed E-state index contributed by atoms with van der Waals surface area (Å²) >= 11 is 5.72. The molecule has 0 aliphatic heterocycles. The first-order chi connectivity index (χ1) is 6.45. The van der Waals surface area contributed by atoms with Gasteiger partial charge in [-0.3, -0.25) is 4.79 Å². The molecule has 5 heteroatoms. The minimum Gasteiger partial charge on any atom is -0.480 e. The number of nitrogens with two attached hydrogens (primary N) is 1. The number of hydrogen-bond acceptors (Lipinski definition) is 2. The number of carboxylic acids is 1. The highest BCUT2D eigenvalue weighted by molar-refractivity contribution is 6.31. The summed E-state index contributed by atoms with van der Waals surface area (Å²) in [6.45, 7) is 1.53. The van der Waals surface area contributed by atoms with Gasteiger partial charge in [0.2, 0.25) is 0 Å². The van der Waals surface area contributed by atoms with Crippen molar-refractivity contribution in [2.75, 3.05) is 0 Å². The second kappa shape index (κ2) is 3.94. The highest BCUT2D eigenvalue weighted by Crippen LogP contribution is 2.26. The van der Waals surface area contributed by atoms with Crippen LogP contribution in [0.5, 0.6) is 0 Å². The lowest BCUT2D eigenvalue weighted by molar-refractivity contribution is -0.138. The van der Waals surface area contributed by atoms with Gasteiger partial charge in [-0.05, 0) is 24.6 Å². The topological polar surface area (TPSA) is 63.3 Å². The van der Waals surface area contributed by atoms with Crippen LogP contribution in [0, 0.1) is 12.7 Å². The highest BCUT2D eigenvalue weighted by atomic mass is 35.5. The fraction of sp³-hybridized carbons (Fsp3) is 0.222. The molecule has 0 radical (unpaired) electrons. The molecule has 76 valence electrons. The van der Waals surface area contributed by atoms with Gasteiger partial charge in [0, 0.05) is 10.6 Å². The molecule has 1 unspecified atom stereocenters. The fourth-order valence-corrected chi connectivity index (χ4v) is 1.34. The summed E-state index contributed by atoms with van der Waals surface area (Å²) in [6, 6.07) is 1.09. The van der Waals surface area contributed by atoms with E-state index in [-0.39, 0.29) is 5.56 Å². The summed E-state index contributed by atoms with van der Waals surface area (Å²) in [5.74, 6) is -1.93. The third-order valence-corrected chi connectivity index (χ3v) is 2.38. The molecule has 0 aliphatic carbocycles. The summed E-state index contributed by atoms with van der Waals surface area (Å²) in [4.78, 5) is 10.6. The smallest absolute Gasteiger partial charge is 0.325 e. The van der Waals surface area contributed by atoms with E-state index in [1.807, 2.05) is 0 Å². The van der Waals surface area contributed by atoms with E-state index < -0.39 is 17.8 Å². The maximum atomic E-state index is 13.2. The fourth-order valence-electron chi connectivity index (χ4n) is 1.17. The van der Waals surface area contributed by atoms with Crippen molar-refractivity contribution in [3.8, 4) is 0 Å². The number of carbonyl (C=O) groups is 1. The zero-order chi connectivity index (χ0) is 10.9. The molecular weight excluding hydrogens is 209 g/mol. The van der Waals surface area contributed by atoms with Gasteiger partial charge in [-0.15, -0.1) is 0 Å². The predicted molar refractivity (Wildman–Crippen MR) is 50.7 cm³/mol. The van der Waals surface area contributed by atoms with Crippen LogP contribution < -0.4 is 5.73 Å². The number of benzene rings is 1. The molecule has 1 aromatic carbocycles. The lowest BCUT2D eigenvalue weighted by Gasteiger charge is -2.12. The number of aliphatic carboxylic acids is 1. The van der Waals surface area contributed by atoms with Crippen LogP contribution in [-0.4, -0.2) is 11.1 Å². The first-order valence-corrected chi connectivity index (χ1v) is 4.26. The van der Waals surface area contributed by atoms with E-state index in [1.165, 1.54) is 13.0 Å². The number of halogens is 2. The van der Waals surface area contributed by atoms with E-state index in [4.69, 9.17) is 22.4 Å². The Kier molecular flexibility index (Phi) is 3.08. The van der Waals surface area contributed by atoms with Crippen LogP contribution in [-0.2, 0) is 4.79 Å². The summed E-state index contributed by atoms with van der Waals surface area (Å²) in [5, 5.41) is 8.94. The molecule has 0 heterocycles. The van der Waals surface area contributed by atoms with Gasteiger partial charge in [0.1, 0.15) is 11.9 Å². The van der Waals surface area contributed by atoms with Gasteiger partial charge in [0.05, 0.1) is 0 Å². The molecule has 0 fully saturated rings. The molecule has 0 saturated carbocycles. The minimum absolute atomic E-state index is 0.0648. The molecule has 0 spiro atoms. The van der Waals surface area contributed by atoms with E-state index in [0.29, 0.717) is 10.6 Å².